The molecular formula is C12H14N2O3. The number of amides is 1. The molecule has 0 radical (unpaired) electrons. The minimum atomic E-state index is -0.479. The summed E-state index contributed by atoms with van der Waals surface area (Å²) >= 11 is 0. The van der Waals surface area contributed by atoms with E-state index in [0.29, 0.717) is 5.56 Å². The Morgan fingerprint density at radius 3 is 2.88 bits per heavy atom. The van der Waals surface area contributed by atoms with E-state index in [2.05, 4.69) is 12.2 Å². The number of fused-ring (bicyclic) bond motifs is 1. The number of unbranched alkanes of at least 4 members (excludes halogenated alkanes) is 1. The van der Waals surface area contributed by atoms with Gasteiger partial charge in [-0.15, -0.1) is 0 Å². The van der Waals surface area contributed by atoms with Crippen LogP contribution in [0.4, 0.5) is 5.69 Å². The molecule has 1 aromatic carbocycles. The number of carbonyl (C=O) groups is 1. The van der Waals surface area contributed by atoms with Crippen molar-refractivity contribution in [3.63, 3.8) is 0 Å². The van der Waals surface area contributed by atoms with Crippen molar-refractivity contribution in [2.75, 3.05) is 0 Å². The van der Waals surface area contributed by atoms with Crippen LogP contribution in [0.25, 0.3) is 0 Å². The van der Waals surface area contributed by atoms with Crippen molar-refractivity contribution in [2.24, 2.45) is 0 Å². The average molecular weight is 234 g/mol. The molecule has 0 bridgehead atoms. The van der Waals surface area contributed by atoms with Crippen LogP contribution in [-0.4, -0.2) is 10.8 Å². The van der Waals surface area contributed by atoms with E-state index in [0.717, 1.165) is 24.8 Å². The zero-order chi connectivity index (χ0) is 12.4. The van der Waals surface area contributed by atoms with Gasteiger partial charge in [0, 0.05) is 12.1 Å². The van der Waals surface area contributed by atoms with Crippen molar-refractivity contribution in [3.05, 3.63) is 39.4 Å². The predicted molar refractivity (Wildman–Crippen MR) is 62.8 cm³/mol. The molecule has 1 aliphatic heterocycles. The Balaban J connectivity index is 2.30. The molecule has 0 spiro atoms. The van der Waals surface area contributed by atoms with E-state index < -0.39 is 4.92 Å². The number of nitro benzene ring substituents is 1. The van der Waals surface area contributed by atoms with E-state index in [4.69, 9.17) is 0 Å². The Bertz CT molecular complexity index is 471. The fourth-order valence-corrected chi connectivity index (χ4v) is 2.11. The number of benzene rings is 1. The minimum Gasteiger partial charge on any atom is -0.345 e. The third-order valence-corrected chi connectivity index (χ3v) is 3.02. The van der Waals surface area contributed by atoms with Gasteiger partial charge in [-0.25, -0.2) is 0 Å². The molecule has 1 aliphatic rings. The van der Waals surface area contributed by atoms with Crippen molar-refractivity contribution in [2.45, 2.75) is 32.2 Å². The zero-order valence-electron chi connectivity index (χ0n) is 9.60. The van der Waals surface area contributed by atoms with Crippen LogP contribution in [0.15, 0.2) is 18.2 Å². The number of nitrogens with zero attached hydrogens (tertiary/aromatic N) is 1. The first-order valence-corrected chi connectivity index (χ1v) is 5.72. The minimum absolute atomic E-state index is 0.0123. The van der Waals surface area contributed by atoms with E-state index in [9.17, 15) is 14.9 Å². The third-order valence-electron chi connectivity index (χ3n) is 3.02. The molecule has 1 atom stereocenters. The molecule has 1 heterocycles. The molecular weight excluding hydrogens is 220 g/mol. The Morgan fingerprint density at radius 1 is 1.47 bits per heavy atom. The van der Waals surface area contributed by atoms with Gasteiger partial charge in [0.05, 0.1) is 16.5 Å². The molecule has 0 aromatic heterocycles. The highest BCUT2D eigenvalue weighted by Crippen LogP contribution is 2.31. The van der Waals surface area contributed by atoms with Gasteiger partial charge >= 0.3 is 0 Å². The number of nitro groups is 1. The zero-order valence-corrected chi connectivity index (χ0v) is 9.60. The monoisotopic (exact) mass is 234 g/mol. The summed E-state index contributed by atoms with van der Waals surface area (Å²) in [5.41, 5.74) is 1.30. The highest BCUT2D eigenvalue weighted by atomic mass is 16.6. The molecule has 1 aromatic rings. The SMILES string of the molecule is CCCCC1NC(=O)c2cc([N+](=O)[O-])ccc21. The number of hydrogen-bond donors (Lipinski definition) is 1. The van der Waals surface area contributed by atoms with E-state index in [1.165, 1.54) is 12.1 Å². The van der Waals surface area contributed by atoms with Crippen molar-refractivity contribution in [1.29, 1.82) is 0 Å². The summed E-state index contributed by atoms with van der Waals surface area (Å²) in [6.45, 7) is 2.09. The molecule has 2 rings (SSSR count). The van der Waals surface area contributed by atoms with Crippen molar-refractivity contribution in [1.82, 2.24) is 5.32 Å². The standard InChI is InChI=1S/C12H14N2O3/c1-2-3-4-11-9-6-5-8(14(16)17)7-10(9)12(15)13-11/h5-7,11H,2-4H2,1H3,(H,13,15). The van der Waals surface area contributed by atoms with Crippen LogP contribution < -0.4 is 5.32 Å². The molecule has 0 saturated heterocycles. The lowest BCUT2D eigenvalue weighted by molar-refractivity contribution is -0.384. The fraction of sp³-hybridized carbons (Fsp3) is 0.417. The summed E-state index contributed by atoms with van der Waals surface area (Å²) in [5.74, 6) is -0.204. The molecule has 1 unspecified atom stereocenters. The summed E-state index contributed by atoms with van der Waals surface area (Å²) in [5, 5.41) is 13.5. The fourth-order valence-electron chi connectivity index (χ4n) is 2.11. The maximum Gasteiger partial charge on any atom is 0.270 e. The van der Waals surface area contributed by atoms with Gasteiger partial charge in [-0.3, -0.25) is 14.9 Å². The largest absolute Gasteiger partial charge is 0.345 e. The van der Waals surface area contributed by atoms with Crippen LogP contribution in [-0.2, 0) is 0 Å². The van der Waals surface area contributed by atoms with Crippen molar-refractivity contribution < 1.29 is 9.72 Å². The van der Waals surface area contributed by atoms with E-state index in [-0.39, 0.29) is 17.6 Å². The lowest BCUT2D eigenvalue weighted by Crippen LogP contribution is -2.18. The van der Waals surface area contributed by atoms with Crippen LogP contribution in [0.3, 0.4) is 0 Å². The molecule has 5 heteroatoms. The first-order chi connectivity index (χ1) is 8.13. The van der Waals surface area contributed by atoms with E-state index in [1.807, 2.05) is 0 Å². The molecule has 1 amide bonds. The van der Waals surface area contributed by atoms with Gasteiger partial charge in [-0.05, 0) is 18.1 Å². The van der Waals surface area contributed by atoms with E-state index >= 15 is 0 Å². The molecule has 17 heavy (non-hydrogen) atoms. The highest BCUT2D eigenvalue weighted by Gasteiger charge is 2.29. The lowest BCUT2D eigenvalue weighted by atomic mass is 10.00. The molecule has 5 nitrogen and oxygen atoms in total. The van der Waals surface area contributed by atoms with Crippen molar-refractivity contribution >= 4 is 11.6 Å². The van der Waals surface area contributed by atoms with Crippen LogP contribution in [0.5, 0.6) is 0 Å². The lowest BCUT2D eigenvalue weighted by Gasteiger charge is -2.10. The normalized spacial score (nSPS) is 17.7. The maximum absolute atomic E-state index is 11.7. The first-order valence-electron chi connectivity index (χ1n) is 5.72. The molecule has 0 saturated carbocycles. The molecule has 0 fully saturated rings. The second-order valence-corrected chi connectivity index (χ2v) is 4.20. The quantitative estimate of drug-likeness (QED) is 0.642. The Morgan fingerprint density at radius 2 is 2.24 bits per heavy atom. The second-order valence-electron chi connectivity index (χ2n) is 4.20. The highest BCUT2D eigenvalue weighted by molar-refractivity contribution is 5.99. The van der Waals surface area contributed by atoms with Gasteiger partial charge in [0.1, 0.15) is 0 Å². The van der Waals surface area contributed by atoms with Gasteiger partial charge in [0.25, 0.3) is 11.6 Å². The Labute approximate surface area is 99.0 Å². The molecule has 90 valence electrons. The number of carbonyl (C=O) groups excluding carboxylic acids is 1. The van der Waals surface area contributed by atoms with Crippen LogP contribution >= 0.6 is 0 Å². The smallest absolute Gasteiger partial charge is 0.270 e. The topological polar surface area (TPSA) is 72.2 Å². The van der Waals surface area contributed by atoms with Gasteiger partial charge < -0.3 is 5.32 Å². The first kappa shape index (κ1) is 11.6. The third kappa shape index (κ3) is 2.13. The molecule has 1 N–H and O–H groups in total. The number of hydrogen-bond acceptors (Lipinski definition) is 3. The number of rotatable bonds is 4. The predicted octanol–water partition coefficient (Wildman–Crippen LogP) is 2.57. The average Bonchev–Trinajstić information content (AvgIpc) is 2.63. The summed E-state index contributed by atoms with van der Waals surface area (Å²) in [4.78, 5) is 21.8. The van der Waals surface area contributed by atoms with E-state index in [1.54, 1.807) is 6.07 Å². The van der Waals surface area contributed by atoms with Gasteiger partial charge in [0.15, 0.2) is 0 Å². The summed E-state index contributed by atoms with van der Waals surface area (Å²) in [7, 11) is 0. The Kier molecular flexibility index (Phi) is 3.08. The molecule has 0 aliphatic carbocycles. The maximum atomic E-state index is 11.7. The summed E-state index contributed by atoms with van der Waals surface area (Å²) in [6.07, 6.45) is 2.98. The number of non-ortho nitro benzene ring substituents is 1. The Hall–Kier alpha value is -1.91. The van der Waals surface area contributed by atoms with Gasteiger partial charge in [0.2, 0.25) is 0 Å². The van der Waals surface area contributed by atoms with Gasteiger partial charge in [-0.1, -0.05) is 19.8 Å². The summed E-state index contributed by atoms with van der Waals surface area (Å²) < 4.78 is 0. The summed E-state index contributed by atoms with van der Waals surface area (Å²) in [6, 6.07) is 4.51. The van der Waals surface area contributed by atoms with Gasteiger partial charge in [-0.2, -0.15) is 0 Å². The second kappa shape index (κ2) is 4.53. The van der Waals surface area contributed by atoms with Crippen molar-refractivity contribution in [3.8, 4) is 0 Å². The number of nitrogens with one attached hydrogen (secondary N) is 1. The van der Waals surface area contributed by atoms with Crippen LogP contribution in [0, 0.1) is 10.1 Å². The van der Waals surface area contributed by atoms with Crippen LogP contribution in [0.2, 0.25) is 0 Å². The van der Waals surface area contributed by atoms with Crippen LogP contribution in [0.1, 0.15) is 48.1 Å².